The Bertz CT molecular complexity index is 991. The summed E-state index contributed by atoms with van der Waals surface area (Å²) in [6.45, 7) is 0. The number of fused-ring (bicyclic) bond motifs is 1. The fraction of sp³-hybridized carbons (Fsp3) is 0.250. The van der Waals surface area contributed by atoms with Crippen molar-refractivity contribution in [1.29, 1.82) is 0 Å². The van der Waals surface area contributed by atoms with Crippen LogP contribution in [-0.2, 0) is 4.79 Å². The molecule has 3 N–H and O–H groups in total. The van der Waals surface area contributed by atoms with E-state index in [2.05, 4.69) is 16.8 Å². The molecule has 1 saturated heterocycles. The molecule has 2 aromatic rings. The molecule has 0 radical (unpaired) electrons. The standard InChI is InChI=1S/C20H17N3O3/c1-23-17-11-14(17)20(26,19(23)25)9-8-12-4-2-5-13(10-12)15-6-3-7-16(22-15)18(21)24/h2-7,10,14,17,26H,11H2,1H3,(H2,21,24)/t14-,17+,20+/m0/s1. The van der Waals surface area contributed by atoms with E-state index in [1.807, 2.05) is 12.1 Å². The number of likely N-dealkylation sites (N-methyl/N-ethyl adjacent to an activating group) is 1. The van der Waals surface area contributed by atoms with Crippen molar-refractivity contribution < 1.29 is 14.7 Å². The highest BCUT2D eigenvalue weighted by atomic mass is 16.3. The van der Waals surface area contributed by atoms with Gasteiger partial charge in [0, 0.05) is 30.1 Å². The summed E-state index contributed by atoms with van der Waals surface area (Å²) in [5, 5.41) is 10.7. The largest absolute Gasteiger partial charge is 0.369 e. The summed E-state index contributed by atoms with van der Waals surface area (Å²) >= 11 is 0. The monoisotopic (exact) mass is 347 g/mol. The van der Waals surface area contributed by atoms with Gasteiger partial charge in [-0.2, -0.15) is 0 Å². The molecule has 1 saturated carbocycles. The van der Waals surface area contributed by atoms with E-state index in [-0.39, 0.29) is 23.6 Å². The highest BCUT2D eigenvalue weighted by Gasteiger charge is 2.66. The molecule has 3 atom stereocenters. The third-order valence-corrected chi connectivity index (χ3v) is 4.99. The van der Waals surface area contributed by atoms with E-state index >= 15 is 0 Å². The first kappa shape index (κ1) is 16.3. The van der Waals surface area contributed by atoms with Crippen LogP contribution in [0.3, 0.4) is 0 Å². The summed E-state index contributed by atoms with van der Waals surface area (Å²) in [6, 6.07) is 12.4. The second-order valence-electron chi connectivity index (χ2n) is 6.70. The normalized spacial score (nSPS) is 26.1. The van der Waals surface area contributed by atoms with Crippen LogP contribution in [0.1, 0.15) is 22.5 Å². The number of hydrogen-bond acceptors (Lipinski definition) is 4. The first-order chi connectivity index (χ1) is 12.4. The predicted molar refractivity (Wildman–Crippen MR) is 94.7 cm³/mol. The average Bonchev–Trinajstić information content (AvgIpc) is 3.43. The van der Waals surface area contributed by atoms with Gasteiger partial charge in [-0.05, 0) is 30.7 Å². The molecule has 2 fully saturated rings. The van der Waals surface area contributed by atoms with Crippen molar-refractivity contribution in [3.8, 4) is 23.1 Å². The highest BCUT2D eigenvalue weighted by molar-refractivity contribution is 5.93. The van der Waals surface area contributed by atoms with Crippen molar-refractivity contribution in [3.63, 3.8) is 0 Å². The van der Waals surface area contributed by atoms with Crippen LogP contribution in [-0.4, -0.2) is 45.5 Å². The molecule has 0 spiro atoms. The lowest BCUT2D eigenvalue weighted by Gasteiger charge is -2.18. The molecule has 0 bridgehead atoms. The number of rotatable bonds is 2. The number of nitrogens with zero attached hydrogens (tertiary/aromatic N) is 2. The van der Waals surface area contributed by atoms with Crippen LogP contribution in [0, 0.1) is 17.8 Å². The minimum absolute atomic E-state index is 0.105. The molecule has 130 valence electrons. The van der Waals surface area contributed by atoms with Gasteiger partial charge in [0.05, 0.1) is 5.69 Å². The SMILES string of the molecule is CN1C(=O)[C@@](O)(C#Cc2cccc(-c3cccc(C(N)=O)n3)c2)[C@H]2C[C@H]21. The van der Waals surface area contributed by atoms with Crippen LogP contribution in [0.5, 0.6) is 0 Å². The van der Waals surface area contributed by atoms with Crippen LogP contribution >= 0.6 is 0 Å². The summed E-state index contributed by atoms with van der Waals surface area (Å²) in [7, 11) is 1.70. The molecule has 2 amide bonds. The molecule has 1 aromatic heterocycles. The number of carbonyl (C=O) groups is 2. The number of nitrogens with two attached hydrogens (primary N) is 1. The van der Waals surface area contributed by atoms with Gasteiger partial charge in [-0.1, -0.05) is 30.0 Å². The van der Waals surface area contributed by atoms with E-state index in [0.29, 0.717) is 11.3 Å². The maximum atomic E-state index is 12.2. The maximum Gasteiger partial charge on any atom is 0.267 e. The molecule has 6 heteroatoms. The Hall–Kier alpha value is -3.17. The average molecular weight is 347 g/mol. The fourth-order valence-electron chi connectivity index (χ4n) is 3.44. The van der Waals surface area contributed by atoms with E-state index in [1.165, 1.54) is 0 Å². The number of pyridine rings is 1. The van der Waals surface area contributed by atoms with Crippen LogP contribution in [0.15, 0.2) is 42.5 Å². The molecule has 1 aromatic carbocycles. The number of aromatic nitrogens is 1. The van der Waals surface area contributed by atoms with E-state index in [1.54, 1.807) is 42.3 Å². The number of likely N-dealkylation sites (tertiary alicyclic amines) is 1. The molecule has 26 heavy (non-hydrogen) atoms. The minimum Gasteiger partial charge on any atom is -0.369 e. The van der Waals surface area contributed by atoms with Crippen molar-refractivity contribution in [3.05, 3.63) is 53.7 Å². The quantitative estimate of drug-likeness (QED) is 0.785. The maximum absolute atomic E-state index is 12.2. The smallest absolute Gasteiger partial charge is 0.267 e. The van der Waals surface area contributed by atoms with Crippen molar-refractivity contribution >= 4 is 11.8 Å². The van der Waals surface area contributed by atoms with E-state index in [4.69, 9.17) is 5.73 Å². The molecule has 2 heterocycles. The molecule has 1 aliphatic carbocycles. The first-order valence-corrected chi connectivity index (χ1v) is 8.30. The third-order valence-electron chi connectivity index (χ3n) is 4.99. The Morgan fingerprint density at radius 2 is 2.12 bits per heavy atom. The highest BCUT2D eigenvalue weighted by Crippen LogP contribution is 2.50. The Labute approximate surface area is 150 Å². The zero-order valence-electron chi connectivity index (χ0n) is 14.1. The number of amides is 2. The number of piperidine rings is 1. The molecular formula is C20H17N3O3. The number of carbonyl (C=O) groups excluding carboxylic acids is 2. The van der Waals surface area contributed by atoms with Crippen LogP contribution in [0.2, 0.25) is 0 Å². The predicted octanol–water partition coefficient (Wildman–Crippen LogP) is 0.791. The van der Waals surface area contributed by atoms with Gasteiger partial charge in [0.25, 0.3) is 11.8 Å². The van der Waals surface area contributed by atoms with E-state index in [9.17, 15) is 14.7 Å². The number of primary amides is 1. The third kappa shape index (κ3) is 2.54. The minimum atomic E-state index is -1.60. The van der Waals surface area contributed by atoms with Crippen LogP contribution < -0.4 is 5.73 Å². The second kappa shape index (κ2) is 5.68. The summed E-state index contributed by atoms with van der Waals surface area (Å²) in [6.07, 6.45) is 0.789. The topological polar surface area (TPSA) is 96.5 Å². The van der Waals surface area contributed by atoms with Gasteiger partial charge in [0.1, 0.15) is 5.69 Å². The summed E-state index contributed by atoms with van der Waals surface area (Å²) in [5.41, 5.74) is 5.89. The molecule has 2 aliphatic rings. The zero-order chi connectivity index (χ0) is 18.5. The van der Waals surface area contributed by atoms with Crippen molar-refractivity contribution in [2.24, 2.45) is 11.7 Å². The molecule has 4 rings (SSSR count). The van der Waals surface area contributed by atoms with Crippen molar-refractivity contribution in [2.75, 3.05) is 7.05 Å². The number of benzene rings is 1. The Morgan fingerprint density at radius 1 is 1.35 bits per heavy atom. The lowest BCUT2D eigenvalue weighted by molar-refractivity contribution is -0.140. The lowest BCUT2D eigenvalue weighted by atomic mass is 9.98. The first-order valence-electron chi connectivity index (χ1n) is 8.30. The van der Waals surface area contributed by atoms with Gasteiger partial charge in [-0.25, -0.2) is 4.98 Å². The van der Waals surface area contributed by atoms with Gasteiger partial charge in [0.15, 0.2) is 0 Å². The Morgan fingerprint density at radius 3 is 2.81 bits per heavy atom. The van der Waals surface area contributed by atoms with Crippen LogP contribution in [0.4, 0.5) is 0 Å². The van der Waals surface area contributed by atoms with E-state index in [0.717, 1.165) is 12.0 Å². The molecule has 6 nitrogen and oxygen atoms in total. The van der Waals surface area contributed by atoms with Gasteiger partial charge in [-0.15, -0.1) is 0 Å². The van der Waals surface area contributed by atoms with Gasteiger partial charge < -0.3 is 15.7 Å². The summed E-state index contributed by atoms with van der Waals surface area (Å²) < 4.78 is 0. The number of aliphatic hydroxyl groups is 1. The molecule has 1 aliphatic heterocycles. The Balaban J connectivity index is 1.65. The van der Waals surface area contributed by atoms with Gasteiger partial charge in [-0.3, -0.25) is 9.59 Å². The number of hydrogen-bond donors (Lipinski definition) is 2. The van der Waals surface area contributed by atoms with Gasteiger partial charge in [0.2, 0.25) is 5.60 Å². The van der Waals surface area contributed by atoms with Crippen LogP contribution in [0.25, 0.3) is 11.3 Å². The van der Waals surface area contributed by atoms with Crippen molar-refractivity contribution in [1.82, 2.24) is 9.88 Å². The molecular weight excluding hydrogens is 330 g/mol. The van der Waals surface area contributed by atoms with Gasteiger partial charge >= 0.3 is 0 Å². The fourth-order valence-corrected chi connectivity index (χ4v) is 3.44. The zero-order valence-corrected chi connectivity index (χ0v) is 14.1. The summed E-state index contributed by atoms with van der Waals surface area (Å²) in [5.74, 6) is 4.66. The Kier molecular flexibility index (Phi) is 3.56. The second-order valence-corrected chi connectivity index (χ2v) is 6.70. The van der Waals surface area contributed by atoms with Crippen molar-refractivity contribution in [2.45, 2.75) is 18.1 Å². The van der Waals surface area contributed by atoms with E-state index < -0.39 is 11.5 Å². The lowest BCUT2D eigenvalue weighted by Crippen LogP contribution is -2.41. The summed E-state index contributed by atoms with van der Waals surface area (Å²) in [4.78, 5) is 29.3. The molecule has 0 unspecified atom stereocenters.